The highest BCUT2D eigenvalue weighted by atomic mass is 16.2. The number of rotatable bonds is 3. The fourth-order valence-electron chi connectivity index (χ4n) is 3.53. The number of aliphatic hydroxyl groups excluding tert-OH is 1. The van der Waals surface area contributed by atoms with Crippen LogP contribution in [0.2, 0.25) is 0 Å². The predicted octanol–water partition coefficient (Wildman–Crippen LogP) is 4.57. The molecular formula is C25H40N4O2. The molecule has 172 valence electrons. The molecule has 0 aliphatic carbocycles. The fraction of sp³-hybridized carbons (Fsp3) is 0.360. The Morgan fingerprint density at radius 3 is 2.52 bits per heavy atom. The van der Waals surface area contributed by atoms with Gasteiger partial charge in [-0.1, -0.05) is 48.0 Å². The van der Waals surface area contributed by atoms with Gasteiger partial charge in [0.1, 0.15) is 5.82 Å². The van der Waals surface area contributed by atoms with Gasteiger partial charge in [0.25, 0.3) is 0 Å². The SMILES string of the molecule is CN1CCCC(Nc2ccc(C(N)=O)cn2)CC1.CO.Cc1ccc2ccccc2c1.[HH].[HH].[HH]. The van der Waals surface area contributed by atoms with Crippen molar-refractivity contribution in [1.82, 2.24) is 9.88 Å². The van der Waals surface area contributed by atoms with Crippen LogP contribution in [0.25, 0.3) is 10.8 Å². The molecule has 4 rings (SSSR count). The molecule has 31 heavy (non-hydrogen) atoms. The molecule has 1 unspecified atom stereocenters. The quantitative estimate of drug-likeness (QED) is 0.568. The molecule has 1 aliphatic rings. The summed E-state index contributed by atoms with van der Waals surface area (Å²) in [6.45, 7) is 4.38. The van der Waals surface area contributed by atoms with Crippen LogP contribution in [0.1, 0.15) is 39.5 Å². The van der Waals surface area contributed by atoms with Crippen molar-refractivity contribution in [2.24, 2.45) is 5.73 Å². The molecule has 1 fully saturated rings. The van der Waals surface area contributed by atoms with Crippen molar-refractivity contribution in [3.8, 4) is 0 Å². The number of nitrogens with two attached hydrogens (primary N) is 1. The molecule has 1 aromatic heterocycles. The maximum atomic E-state index is 10.9. The maximum Gasteiger partial charge on any atom is 0.250 e. The number of likely N-dealkylation sites (tertiary alicyclic amines) is 1. The maximum absolute atomic E-state index is 10.9. The van der Waals surface area contributed by atoms with Crippen molar-refractivity contribution in [3.05, 3.63) is 71.9 Å². The first-order chi connectivity index (χ1) is 15.0. The number of aliphatic hydroxyl groups is 1. The van der Waals surface area contributed by atoms with Gasteiger partial charge in [-0.3, -0.25) is 4.79 Å². The van der Waals surface area contributed by atoms with E-state index in [0.29, 0.717) is 11.6 Å². The van der Waals surface area contributed by atoms with Gasteiger partial charge in [-0.2, -0.15) is 0 Å². The lowest BCUT2D eigenvalue weighted by Crippen LogP contribution is -2.23. The lowest BCUT2D eigenvalue weighted by Gasteiger charge is -2.17. The third-order valence-corrected chi connectivity index (χ3v) is 5.26. The number of benzene rings is 2. The Labute approximate surface area is 189 Å². The molecular weight excluding hydrogens is 388 g/mol. The Bertz CT molecular complexity index is 958. The molecule has 6 nitrogen and oxygen atoms in total. The monoisotopic (exact) mass is 428 g/mol. The van der Waals surface area contributed by atoms with Crippen LogP contribution in [0.5, 0.6) is 0 Å². The topological polar surface area (TPSA) is 91.5 Å². The summed E-state index contributed by atoms with van der Waals surface area (Å²) < 4.78 is 0. The second-order valence-electron chi connectivity index (χ2n) is 7.72. The third-order valence-electron chi connectivity index (χ3n) is 5.26. The Hall–Kier alpha value is -2.96. The minimum atomic E-state index is -0.440. The van der Waals surface area contributed by atoms with Gasteiger partial charge in [0, 0.05) is 23.6 Å². The number of carbonyl (C=O) groups excluding carboxylic acids is 1. The van der Waals surface area contributed by atoms with E-state index in [-0.39, 0.29) is 4.28 Å². The van der Waals surface area contributed by atoms with Gasteiger partial charge in [0.15, 0.2) is 0 Å². The Morgan fingerprint density at radius 1 is 1.10 bits per heavy atom. The highest BCUT2D eigenvalue weighted by Gasteiger charge is 2.14. The van der Waals surface area contributed by atoms with Crippen LogP contribution in [0, 0.1) is 6.92 Å². The van der Waals surface area contributed by atoms with Gasteiger partial charge < -0.3 is 21.1 Å². The summed E-state index contributed by atoms with van der Waals surface area (Å²) in [5.74, 6) is 0.375. The van der Waals surface area contributed by atoms with Gasteiger partial charge in [-0.25, -0.2) is 4.98 Å². The van der Waals surface area contributed by atoms with Crippen molar-refractivity contribution in [1.29, 1.82) is 0 Å². The number of fused-ring (bicyclic) bond motifs is 1. The van der Waals surface area contributed by atoms with E-state index in [0.717, 1.165) is 38.9 Å². The zero-order valence-corrected chi connectivity index (χ0v) is 18.7. The van der Waals surface area contributed by atoms with Crippen LogP contribution in [0.15, 0.2) is 60.8 Å². The molecule has 1 saturated heterocycles. The summed E-state index contributed by atoms with van der Waals surface area (Å²) in [5.41, 5.74) is 6.95. The lowest BCUT2D eigenvalue weighted by molar-refractivity contribution is 0.1000. The smallest absolute Gasteiger partial charge is 0.250 e. The molecule has 2 aromatic carbocycles. The van der Waals surface area contributed by atoms with E-state index in [1.807, 2.05) is 6.07 Å². The van der Waals surface area contributed by atoms with E-state index >= 15 is 0 Å². The Balaban J connectivity index is 0. The minimum Gasteiger partial charge on any atom is -0.400 e. The van der Waals surface area contributed by atoms with Gasteiger partial charge in [0.2, 0.25) is 5.91 Å². The summed E-state index contributed by atoms with van der Waals surface area (Å²) in [7, 11) is 3.16. The van der Waals surface area contributed by atoms with Crippen molar-refractivity contribution in [3.63, 3.8) is 0 Å². The van der Waals surface area contributed by atoms with Crippen LogP contribution >= 0.6 is 0 Å². The average Bonchev–Trinajstić information content (AvgIpc) is 3.00. The molecule has 0 spiro atoms. The zero-order valence-electron chi connectivity index (χ0n) is 18.7. The van der Waals surface area contributed by atoms with Crippen molar-refractivity contribution in [2.75, 3.05) is 32.6 Å². The molecule has 1 amide bonds. The highest BCUT2D eigenvalue weighted by molar-refractivity contribution is 5.92. The molecule has 0 bridgehead atoms. The van der Waals surface area contributed by atoms with Crippen LogP contribution < -0.4 is 11.1 Å². The fourth-order valence-corrected chi connectivity index (χ4v) is 3.53. The molecule has 0 radical (unpaired) electrons. The van der Waals surface area contributed by atoms with Crippen LogP contribution in [-0.4, -0.2) is 54.2 Å². The Morgan fingerprint density at radius 2 is 1.84 bits per heavy atom. The second kappa shape index (κ2) is 12.7. The van der Waals surface area contributed by atoms with E-state index in [2.05, 4.69) is 71.6 Å². The number of pyridine rings is 1. The minimum absolute atomic E-state index is 0. The standard InChI is InChI=1S/C13H20N4O.C11H10.CH4O.3H2/c1-17-7-2-3-11(6-8-17)16-12-5-4-10(9-15-12)13(14)18;1-9-6-7-10-4-2-3-5-11(10)8-9;1-2;;;/h4-5,9,11H,2-3,6-8H2,1H3,(H2,14,18)(H,15,16);2-8H,1H3;2H,1H3;3*1H. The number of hydrogen-bond donors (Lipinski definition) is 3. The molecule has 0 saturated carbocycles. The summed E-state index contributed by atoms with van der Waals surface area (Å²) >= 11 is 0. The zero-order chi connectivity index (χ0) is 22.6. The number of anilines is 1. The van der Waals surface area contributed by atoms with Gasteiger partial charge in [-0.15, -0.1) is 0 Å². The van der Waals surface area contributed by atoms with Crippen LogP contribution in [-0.2, 0) is 0 Å². The molecule has 4 N–H and O–H groups in total. The largest absolute Gasteiger partial charge is 0.400 e. The van der Waals surface area contributed by atoms with Crippen LogP contribution in [0.4, 0.5) is 5.82 Å². The van der Waals surface area contributed by atoms with Crippen molar-refractivity contribution in [2.45, 2.75) is 32.2 Å². The summed E-state index contributed by atoms with van der Waals surface area (Å²) in [6, 6.07) is 18.9. The average molecular weight is 429 g/mol. The molecule has 3 aromatic rings. The van der Waals surface area contributed by atoms with Gasteiger partial charge in [-0.05, 0) is 69.2 Å². The third kappa shape index (κ3) is 8.00. The van der Waals surface area contributed by atoms with E-state index < -0.39 is 5.91 Å². The number of amides is 1. The predicted molar refractivity (Wildman–Crippen MR) is 135 cm³/mol. The summed E-state index contributed by atoms with van der Waals surface area (Å²) in [6.07, 6.45) is 5.00. The van der Waals surface area contributed by atoms with Crippen LogP contribution in [0.3, 0.4) is 0 Å². The number of nitrogens with zero attached hydrogens (tertiary/aromatic N) is 2. The first-order valence-corrected chi connectivity index (χ1v) is 10.6. The van der Waals surface area contributed by atoms with Gasteiger partial charge in [0.05, 0.1) is 5.56 Å². The van der Waals surface area contributed by atoms with Gasteiger partial charge >= 0.3 is 0 Å². The number of nitrogens with one attached hydrogen (secondary N) is 1. The van der Waals surface area contributed by atoms with E-state index in [1.54, 1.807) is 6.07 Å². The molecule has 2 heterocycles. The first kappa shape index (κ1) is 24.3. The summed E-state index contributed by atoms with van der Waals surface area (Å²) in [4.78, 5) is 17.5. The van der Waals surface area contributed by atoms with E-state index in [9.17, 15) is 4.79 Å². The number of aromatic nitrogens is 1. The van der Waals surface area contributed by atoms with Crippen molar-refractivity contribution >= 4 is 22.5 Å². The normalized spacial score (nSPS) is 16.2. The molecule has 1 aliphatic heterocycles. The second-order valence-corrected chi connectivity index (χ2v) is 7.72. The highest BCUT2D eigenvalue weighted by Crippen LogP contribution is 2.15. The molecule has 1 atom stereocenters. The van der Waals surface area contributed by atoms with E-state index in [1.165, 1.54) is 29.0 Å². The number of aryl methyl sites for hydroxylation is 1. The number of carbonyl (C=O) groups is 1. The number of hydrogen-bond acceptors (Lipinski definition) is 5. The summed E-state index contributed by atoms with van der Waals surface area (Å²) in [5, 5.41) is 13.1. The molecule has 6 heteroatoms. The lowest BCUT2D eigenvalue weighted by atomic mass is 10.1. The first-order valence-electron chi connectivity index (χ1n) is 10.6. The number of primary amides is 1. The van der Waals surface area contributed by atoms with E-state index in [4.69, 9.17) is 10.8 Å². The Kier molecular flexibility index (Phi) is 9.94. The van der Waals surface area contributed by atoms with Crippen molar-refractivity contribution < 1.29 is 14.2 Å².